The van der Waals surface area contributed by atoms with Crippen molar-refractivity contribution in [3.05, 3.63) is 52.4 Å². The summed E-state index contributed by atoms with van der Waals surface area (Å²) < 4.78 is 45.6. The molecule has 0 saturated carbocycles. The van der Waals surface area contributed by atoms with E-state index in [0.717, 1.165) is 12.1 Å². The number of nitrogens with zero attached hydrogens (tertiary/aromatic N) is 3. The third-order valence-electron chi connectivity index (χ3n) is 3.91. The van der Waals surface area contributed by atoms with Crippen LogP contribution in [0.5, 0.6) is 5.75 Å². The number of benzene rings is 1. The molecule has 0 spiro atoms. The third-order valence-corrected chi connectivity index (χ3v) is 3.91. The van der Waals surface area contributed by atoms with Crippen LogP contribution < -0.4 is 15.6 Å². The Morgan fingerprint density at radius 1 is 1.19 bits per heavy atom. The van der Waals surface area contributed by atoms with E-state index in [2.05, 4.69) is 15.3 Å². The first-order chi connectivity index (χ1) is 12.7. The number of anilines is 2. The van der Waals surface area contributed by atoms with Crippen LogP contribution in [-0.4, -0.2) is 21.6 Å². The lowest BCUT2D eigenvalue weighted by Crippen LogP contribution is -2.22. The second-order valence-corrected chi connectivity index (χ2v) is 6.18. The predicted octanol–water partition coefficient (Wildman–Crippen LogP) is 4.14. The van der Waals surface area contributed by atoms with Gasteiger partial charge in [-0.1, -0.05) is 0 Å². The molecule has 0 amide bonds. The van der Waals surface area contributed by atoms with Crippen molar-refractivity contribution in [2.45, 2.75) is 26.1 Å². The molecule has 0 bridgehead atoms. The predicted molar refractivity (Wildman–Crippen MR) is 95.5 cm³/mol. The Morgan fingerprint density at radius 3 is 2.56 bits per heavy atom. The Bertz CT molecular complexity index is 1040. The van der Waals surface area contributed by atoms with Crippen molar-refractivity contribution >= 4 is 22.7 Å². The summed E-state index contributed by atoms with van der Waals surface area (Å²) in [6.45, 7) is 3.68. The van der Waals surface area contributed by atoms with Gasteiger partial charge in [-0.15, -0.1) is 0 Å². The molecular weight excluding hydrogens is 361 g/mol. The highest BCUT2D eigenvalue weighted by Crippen LogP contribution is 2.34. The van der Waals surface area contributed by atoms with Crippen LogP contribution in [0.3, 0.4) is 0 Å². The molecule has 6 nitrogen and oxygen atoms in total. The average Bonchev–Trinajstić information content (AvgIpc) is 2.60. The second-order valence-electron chi connectivity index (χ2n) is 6.18. The van der Waals surface area contributed by atoms with E-state index in [4.69, 9.17) is 4.74 Å². The van der Waals surface area contributed by atoms with E-state index in [1.54, 1.807) is 6.07 Å². The molecule has 0 aliphatic heterocycles. The van der Waals surface area contributed by atoms with Gasteiger partial charge >= 0.3 is 6.18 Å². The van der Waals surface area contributed by atoms with Gasteiger partial charge in [-0.25, -0.2) is 4.98 Å². The largest absolute Gasteiger partial charge is 0.497 e. The number of fused-ring (bicyclic) bond motifs is 1. The molecule has 1 aromatic carbocycles. The minimum atomic E-state index is -4.52. The summed E-state index contributed by atoms with van der Waals surface area (Å²) in [5, 5.41) is 3.40. The molecular formula is C18H17F3N4O2. The zero-order valence-electron chi connectivity index (χ0n) is 14.8. The van der Waals surface area contributed by atoms with Crippen molar-refractivity contribution in [3.8, 4) is 5.75 Å². The number of methoxy groups -OCH3 is 1. The van der Waals surface area contributed by atoms with Crippen LogP contribution >= 0.6 is 0 Å². The summed E-state index contributed by atoms with van der Waals surface area (Å²) in [4.78, 5) is 20.6. The molecule has 0 saturated heterocycles. The molecule has 3 rings (SSSR count). The van der Waals surface area contributed by atoms with Gasteiger partial charge in [0.15, 0.2) is 0 Å². The number of aromatic nitrogens is 3. The van der Waals surface area contributed by atoms with E-state index in [0.29, 0.717) is 11.0 Å². The van der Waals surface area contributed by atoms with Crippen LogP contribution in [0.2, 0.25) is 0 Å². The monoisotopic (exact) mass is 378 g/mol. The van der Waals surface area contributed by atoms with Gasteiger partial charge in [0.2, 0.25) is 5.95 Å². The summed E-state index contributed by atoms with van der Waals surface area (Å²) in [5.74, 6) is 0.121. The van der Waals surface area contributed by atoms with Crippen molar-refractivity contribution in [1.82, 2.24) is 14.5 Å². The van der Waals surface area contributed by atoms with Crippen LogP contribution in [0, 0.1) is 0 Å². The van der Waals surface area contributed by atoms with Crippen LogP contribution in [0.15, 0.2) is 41.3 Å². The van der Waals surface area contributed by atoms with Crippen molar-refractivity contribution in [3.63, 3.8) is 0 Å². The Labute approximate surface area is 152 Å². The van der Waals surface area contributed by atoms with Crippen molar-refractivity contribution in [1.29, 1.82) is 0 Å². The second kappa shape index (κ2) is 6.90. The van der Waals surface area contributed by atoms with Gasteiger partial charge in [0, 0.05) is 35.4 Å². The number of halogens is 3. The number of ether oxygens (including phenoxy) is 1. The summed E-state index contributed by atoms with van der Waals surface area (Å²) in [6, 6.07) is 6.14. The topological polar surface area (TPSA) is 69.0 Å². The fourth-order valence-corrected chi connectivity index (χ4v) is 2.68. The van der Waals surface area contributed by atoms with Gasteiger partial charge in [0.1, 0.15) is 11.4 Å². The van der Waals surface area contributed by atoms with Crippen molar-refractivity contribution in [2.75, 3.05) is 12.4 Å². The number of rotatable bonds is 4. The molecule has 3 aromatic rings. The summed E-state index contributed by atoms with van der Waals surface area (Å²) >= 11 is 0. The van der Waals surface area contributed by atoms with E-state index >= 15 is 0 Å². The lowest BCUT2D eigenvalue weighted by atomic mass is 10.2. The first-order valence-electron chi connectivity index (χ1n) is 8.10. The zero-order chi connectivity index (χ0) is 19.8. The van der Waals surface area contributed by atoms with Gasteiger partial charge in [-0.2, -0.15) is 18.2 Å². The molecule has 1 N–H and O–H groups in total. The van der Waals surface area contributed by atoms with Gasteiger partial charge in [0.05, 0.1) is 12.7 Å². The summed E-state index contributed by atoms with van der Waals surface area (Å²) in [5.41, 5.74) is -0.559. The molecule has 0 radical (unpaired) electrons. The zero-order valence-corrected chi connectivity index (χ0v) is 14.8. The molecule has 2 heterocycles. The van der Waals surface area contributed by atoms with Gasteiger partial charge in [0.25, 0.3) is 5.56 Å². The number of hydrogen-bond acceptors (Lipinski definition) is 5. The highest BCUT2D eigenvalue weighted by molar-refractivity contribution is 5.76. The quantitative estimate of drug-likeness (QED) is 0.739. The number of alkyl halides is 3. The lowest BCUT2D eigenvalue weighted by molar-refractivity contribution is -0.137. The molecule has 0 atom stereocenters. The van der Waals surface area contributed by atoms with Gasteiger partial charge < -0.3 is 10.1 Å². The van der Waals surface area contributed by atoms with E-state index in [9.17, 15) is 18.0 Å². The van der Waals surface area contributed by atoms with Gasteiger partial charge in [-0.05, 0) is 32.0 Å². The summed E-state index contributed by atoms with van der Waals surface area (Å²) in [7, 11) is 1.28. The van der Waals surface area contributed by atoms with Crippen molar-refractivity contribution < 1.29 is 17.9 Å². The SMILES string of the molecule is COc1cc(Nc2ncc3ccc(=O)n(C(C)C)c3n2)cc(C(F)(F)F)c1. The maximum Gasteiger partial charge on any atom is 0.416 e. The Kier molecular flexibility index (Phi) is 4.77. The first kappa shape index (κ1) is 18.7. The molecule has 0 unspecified atom stereocenters. The fraction of sp³-hybridized carbons (Fsp3) is 0.278. The molecule has 142 valence electrons. The minimum Gasteiger partial charge on any atom is -0.497 e. The Hall–Kier alpha value is -3.10. The summed E-state index contributed by atoms with van der Waals surface area (Å²) in [6.07, 6.45) is -3.01. The maximum absolute atomic E-state index is 13.1. The van der Waals surface area contributed by atoms with Crippen LogP contribution in [0.25, 0.3) is 11.0 Å². The lowest BCUT2D eigenvalue weighted by Gasteiger charge is -2.15. The standard InChI is InChI=1S/C18H17F3N4O2/c1-10(2)25-15(26)5-4-11-9-22-17(24-16(11)25)23-13-6-12(18(19,20)21)7-14(8-13)27-3/h4-10H,1-3H3,(H,22,23,24). The normalized spacial score (nSPS) is 11.8. The number of nitrogens with one attached hydrogen (secondary N) is 1. The average molecular weight is 378 g/mol. The van der Waals surface area contributed by atoms with E-state index in [1.807, 2.05) is 13.8 Å². The number of pyridine rings is 1. The fourth-order valence-electron chi connectivity index (χ4n) is 2.68. The number of hydrogen-bond donors (Lipinski definition) is 1. The third kappa shape index (κ3) is 3.86. The molecule has 0 aliphatic carbocycles. The van der Waals surface area contributed by atoms with Gasteiger partial charge in [-0.3, -0.25) is 9.36 Å². The Balaban J connectivity index is 2.07. The maximum atomic E-state index is 13.1. The smallest absolute Gasteiger partial charge is 0.416 e. The van der Waals surface area contributed by atoms with Crippen LogP contribution in [0.4, 0.5) is 24.8 Å². The van der Waals surface area contributed by atoms with Crippen molar-refractivity contribution in [2.24, 2.45) is 0 Å². The van der Waals surface area contributed by atoms with E-state index in [1.165, 1.54) is 30.0 Å². The highest BCUT2D eigenvalue weighted by Gasteiger charge is 2.31. The van der Waals surface area contributed by atoms with Crippen LogP contribution in [-0.2, 0) is 6.18 Å². The molecule has 0 fully saturated rings. The van der Waals surface area contributed by atoms with E-state index < -0.39 is 11.7 Å². The van der Waals surface area contributed by atoms with E-state index in [-0.39, 0.29) is 29.0 Å². The molecule has 2 aromatic heterocycles. The minimum absolute atomic E-state index is 0.0483. The molecule has 9 heteroatoms. The molecule has 0 aliphatic rings. The first-order valence-corrected chi connectivity index (χ1v) is 8.10. The Morgan fingerprint density at radius 2 is 1.93 bits per heavy atom. The van der Waals surface area contributed by atoms with Crippen LogP contribution in [0.1, 0.15) is 25.5 Å². The molecule has 27 heavy (non-hydrogen) atoms. The highest BCUT2D eigenvalue weighted by atomic mass is 19.4.